The summed E-state index contributed by atoms with van der Waals surface area (Å²) in [6, 6.07) is 6.36. The van der Waals surface area contributed by atoms with Crippen molar-refractivity contribution < 1.29 is 13.2 Å². The van der Waals surface area contributed by atoms with Crippen LogP contribution in [0.15, 0.2) is 33.6 Å². The van der Waals surface area contributed by atoms with Gasteiger partial charge in [-0.1, -0.05) is 18.9 Å². The Bertz CT molecular complexity index is 770. The molecule has 0 unspecified atom stereocenters. The first-order chi connectivity index (χ1) is 12.0. The van der Waals surface area contributed by atoms with Gasteiger partial charge in [0.1, 0.15) is 5.84 Å². The van der Waals surface area contributed by atoms with E-state index >= 15 is 0 Å². The van der Waals surface area contributed by atoms with Crippen LogP contribution in [0.25, 0.3) is 0 Å². The van der Waals surface area contributed by atoms with Crippen molar-refractivity contribution in [1.29, 1.82) is 0 Å². The van der Waals surface area contributed by atoms with Gasteiger partial charge in [0.2, 0.25) is 5.91 Å². The van der Waals surface area contributed by atoms with Crippen molar-refractivity contribution in [1.82, 2.24) is 4.90 Å². The predicted octanol–water partition coefficient (Wildman–Crippen LogP) is 3.02. The Morgan fingerprint density at radius 2 is 2.00 bits per heavy atom. The number of amidine groups is 1. The molecule has 0 atom stereocenters. The van der Waals surface area contributed by atoms with Gasteiger partial charge < -0.3 is 10.2 Å². The number of benzene rings is 1. The number of nitrogens with zero attached hydrogens (tertiary/aromatic N) is 2. The fourth-order valence-corrected chi connectivity index (χ4v) is 4.22. The van der Waals surface area contributed by atoms with Crippen LogP contribution in [0.3, 0.4) is 0 Å². The molecule has 0 aromatic heterocycles. The Kier molecular flexibility index (Phi) is 5.42. The molecule has 1 aromatic rings. The van der Waals surface area contributed by atoms with E-state index < -0.39 is 10.0 Å². The van der Waals surface area contributed by atoms with Crippen LogP contribution >= 0.6 is 0 Å². The standard InChI is InChI=1S/C18H25N3O3S/c1-21-12-4-2-3-11-17(21)20-25(23,24)16-10-6-9-15(13-16)19-18(22)14-7-5-8-14/h6,9-10,13-14H,2-5,7-8,11-12H2,1H3,(H,19,22)/b20-17+. The number of hydrogen-bond donors (Lipinski definition) is 1. The monoisotopic (exact) mass is 363 g/mol. The molecule has 1 heterocycles. The lowest BCUT2D eigenvalue weighted by Crippen LogP contribution is -2.28. The van der Waals surface area contributed by atoms with Gasteiger partial charge in [-0.3, -0.25) is 4.79 Å². The smallest absolute Gasteiger partial charge is 0.284 e. The van der Waals surface area contributed by atoms with Gasteiger partial charge in [0, 0.05) is 31.6 Å². The van der Waals surface area contributed by atoms with Crippen molar-refractivity contribution >= 4 is 27.5 Å². The minimum absolute atomic E-state index is 0.0318. The van der Waals surface area contributed by atoms with Crippen LogP contribution in [0.5, 0.6) is 0 Å². The maximum atomic E-state index is 12.7. The van der Waals surface area contributed by atoms with Crippen LogP contribution in [-0.2, 0) is 14.8 Å². The predicted molar refractivity (Wildman–Crippen MR) is 98.1 cm³/mol. The highest BCUT2D eigenvalue weighted by Gasteiger charge is 2.25. The second-order valence-corrected chi connectivity index (χ2v) is 8.46. The van der Waals surface area contributed by atoms with E-state index in [1.54, 1.807) is 12.1 Å². The highest BCUT2D eigenvalue weighted by molar-refractivity contribution is 7.90. The van der Waals surface area contributed by atoms with Crippen LogP contribution in [0.2, 0.25) is 0 Å². The van der Waals surface area contributed by atoms with Crippen LogP contribution in [0.4, 0.5) is 5.69 Å². The topological polar surface area (TPSA) is 78.8 Å². The normalized spacial score (nSPS) is 20.8. The van der Waals surface area contributed by atoms with E-state index in [0.717, 1.165) is 45.1 Å². The number of hydrogen-bond acceptors (Lipinski definition) is 3. The molecule has 1 aliphatic heterocycles. The van der Waals surface area contributed by atoms with Crippen molar-refractivity contribution in [2.24, 2.45) is 10.3 Å². The molecule has 7 heteroatoms. The number of carbonyl (C=O) groups excluding carboxylic acids is 1. The molecule has 6 nitrogen and oxygen atoms in total. The largest absolute Gasteiger partial charge is 0.362 e. The lowest BCUT2D eigenvalue weighted by Gasteiger charge is -2.24. The Balaban J connectivity index is 1.79. The minimum Gasteiger partial charge on any atom is -0.362 e. The van der Waals surface area contributed by atoms with Crippen LogP contribution in [0.1, 0.15) is 44.9 Å². The molecule has 1 saturated heterocycles. The number of rotatable bonds is 4. The van der Waals surface area contributed by atoms with E-state index in [0.29, 0.717) is 17.9 Å². The summed E-state index contributed by atoms with van der Waals surface area (Å²) in [7, 11) is -1.90. The van der Waals surface area contributed by atoms with Gasteiger partial charge in [0.25, 0.3) is 10.0 Å². The number of anilines is 1. The van der Waals surface area contributed by atoms with Gasteiger partial charge in [-0.15, -0.1) is 4.40 Å². The van der Waals surface area contributed by atoms with Crippen LogP contribution in [-0.4, -0.2) is 38.7 Å². The van der Waals surface area contributed by atoms with Crippen LogP contribution in [0, 0.1) is 5.92 Å². The summed E-state index contributed by atoms with van der Waals surface area (Å²) in [5.41, 5.74) is 0.507. The summed E-state index contributed by atoms with van der Waals surface area (Å²) in [6.07, 6.45) is 6.67. The fraction of sp³-hybridized carbons (Fsp3) is 0.556. The molecule has 1 aliphatic carbocycles. The Morgan fingerprint density at radius 1 is 1.20 bits per heavy atom. The van der Waals surface area contributed by atoms with E-state index in [9.17, 15) is 13.2 Å². The molecule has 136 valence electrons. The zero-order valence-electron chi connectivity index (χ0n) is 14.6. The summed E-state index contributed by atoms with van der Waals surface area (Å²) in [5, 5.41) is 2.82. The molecule has 25 heavy (non-hydrogen) atoms. The fourth-order valence-electron chi connectivity index (χ4n) is 3.08. The van der Waals surface area contributed by atoms with E-state index in [-0.39, 0.29) is 16.7 Å². The van der Waals surface area contributed by atoms with Gasteiger partial charge in [-0.05, 0) is 43.9 Å². The first-order valence-electron chi connectivity index (χ1n) is 8.91. The zero-order chi connectivity index (χ0) is 17.9. The quantitative estimate of drug-likeness (QED) is 0.892. The summed E-state index contributed by atoms with van der Waals surface area (Å²) in [6.45, 7) is 0.825. The maximum absolute atomic E-state index is 12.7. The molecule has 1 saturated carbocycles. The molecule has 0 radical (unpaired) electrons. The van der Waals surface area contributed by atoms with E-state index in [4.69, 9.17) is 0 Å². The van der Waals surface area contributed by atoms with Gasteiger partial charge >= 0.3 is 0 Å². The van der Waals surface area contributed by atoms with Crippen molar-refractivity contribution in [3.63, 3.8) is 0 Å². The third-order valence-corrected chi connectivity index (χ3v) is 6.24. The average Bonchev–Trinajstić information content (AvgIpc) is 2.70. The van der Waals surface area contributed by atoms with Crippen molar-refractivity contribution in [3.05, 3.63) is 24.3 Å². The summed E-state index contributed by atoms with van der Waals surface area (Å²) in [5.74, 6) is 0.636. The zero-order valence-corrected chi connectivity index (χ0v) is 15.4. The molecule has 2 aliphatic rings. The molecular weight excluding hydrogens is 338 g/mol. The molecule has 0 spiro atoms. The Labute approximate surface area is 149 Å². The second kappa shape index (κ2) is 7.56. The highest BCUT2D eigenvalue weighted by Crippen LogP contribution is 2.28. The van der Waals surface area contributed by atoms with Gasteiger partial charge in [0.05, 0.1) is 4.90 Å². The van der Waals surface area contributed by atoms with Crippen molar-refractivity contribution in [3.8, 4) is 0 Å². The Morgan fingerprint density at radius 3 is 2.72 bits per heavy atom. The van der Waals surface area contributed by atoms with E-state index in [1.807, 2.05) is 11.9 Å². The third kappa shape index (κ3) is 4.39. The Hall–Kier alpha value is -1.89. The number of carbonyl (C=O) groups is 1. The number of likely N-dealkylation sites (tertiary alicyclic amines) is 1. The first-order valence-corrected chi connectivity index (χ1v) is 10.4. The lowest BCUT2D eigenvalue weighted by atomic mass is 9.85. The SMILES string of the molecule is CN1CCCCC/C1=N\S(=O)(=O)c1cccc(NC(=O)C2CCC2)c1. The van der Waals surface area contributed by atoms with Crippen LogP contribution < -0.4 is 5.32 Å². The second-order valence-electron chi connectivity index (χ2n) is 6.86. The molecular formula is C18H25N3O3S. The number of amides is 1. The first kappa shape index (κ1) is 17.9. The molecule has 1 N–H and O–H groups in total. The van der Waals surface area contributed by atoms with Crippen molar-refractivity contribution in [2.45, 2.75) is 49.8 Å². The minimum atomic E-state index is -3.78. The highest BCUT2D eigenvalue weighted by atomic mass is 32.2. The third-order valence-electron chi connectivity index (χ3n) is 4.94. The molecule has 0 bridgehead atoms. The lowest BCUT2D eigenvalue weighted by molar-refractivity contribution is -0.122. The van der Waals surface area contributed by atoms with E-state index in [1.165, 1.54) is 12.1 Å². The summed E-state index contributed by atoms with van der Waals surface area (Å²) < 4.78 is 29.4. The molecule has 1 amide bonds. The summed E-state index contributed by atoms with van der Waals surface area (Å²) >= 11 is 0. The van der Waals surface area contributed by atoms with Gasteiger partial charge in [-0.2, -0.15) is 8.42 Å². The average molecular weight is 363 g/mol. The van der Waals surface area contributed by atoms with E-state index in [2.05, 4.69) is 9.71 Å². The number of sulfonamides is 1. The van der Waals surface area contributed by atoms with Gasteiger partial charge in [-0.25, -0.2) is 0 Å². The molecule has 2 fully saturated rings. The molecule has 3 rings (SSSR count). The maximum Gasteiger partial charge on any atom is 0.284 e. The molecule has 1 aromatic carbocycles. The van der Waals surface area contributed by atoms with Crippen molar-refractivity contribution in [2.75, 3.05) is 18.9 Å². The summed E-state index contributed by atoms with van der Waals surface area (Å²) in [4.78, 5) is 14.1. The van der Waals surface area contributed by atoms with Gasteiger partial charge in [0.15, 0.2) is 0 Å². The number of nitrogens with one attached hydrogen (secondary N) is 1.